The lowest BCUT2D eigenvalue weighted by Crippen LogP contribution is -2.44. The summed E-state index contributed by atoms with van der Waals surface area (Å²) in [5, 5.41) is 4.21. The van der Waals surface area contributed by atoms with Crippen LogP contribution in [0.2, 0.25) is 0 Å². The van der Waals surface area contributed by atoms with Gasteiger partial charge < -0.3 is 25.8 Å². The molecule has 1 atom stereocenters. The fourth-order valence-corrected chi connectivity index (χ4v) is 1.92. The van der Waals surface area contributed by atoms with Crippen LogP contribution in [0.4, 0.5) is 9.59 Å². The molecule has 0 aromatic heterocycles. The Hall–Kier alpha value is -2.77. The molecular weight excluding hydrogens is 350 g/mol. The van der Waals surface area contributed by atoms with Gasteiger partial charge in [0, 0.05) is 9.24 Å². The summed E-state index contributed by atoms with van der Waals surface area (Å²) < 4.78 is 33.8. The minimum Gasteiger partial charge on any atom is -0.445 e. The van der Waals surface area contributed by atoms with Gasteiger partial charge in [0.15, 0.2) is 0 Å². The molecule has 0 spiro atoms. The number of hydrogen-bond acceptors (Lipinski definition) is 5. The van der Waals surface area contributed by atoms with E-state index in [0.29, 0.717) is 0 Å². The molecule has 1 aromatic rings. The van der Waals surface area contributed by atoms with Gasteiger partial charge in [-0.1, -0.05) is 30.3 Å². The Labute approximate surface area is 164 Å². The lowest BCUT2D eigenvalue weighted by Gasteiger charge is -2.19. The maximum Gasteiger partial charge on any atom is 0.408 e. The number of primary amides is 1. The summed E-state index contributed by atoms with van der Waals surface area (Å²) in [6, 6.07) is 6.66. The van der Waals surface area contributed by atoms with Gasteiger partial charge in [0.1, 0.15) is 18.2 Å². The predicted octanol–water partition coefficient (Wildman–Crippen LogP) is 2.46. The number of rotatable bonds is 9. The number of nitrogens with two attached hydrogens (primary N) is 1. The summed E-state index contributed by atoms with van der Waals surface area (Å²) in [5.41, 5.74) is 5.19. The average molecular weight is 382 g/mol. The molecule has 0 aliphatic heterocycles. The van der Waals surface area contributed by atoms with Gasteiger partial charge in [0.2, 0.25) is 5.91 Å². The first-order chi connectivity index (χ1) is 13.7. The number of carbonyl (C=O) groups excluding carboxylic acids is 3. The first kappa shape index (κ1) is 17.6. The second-order valence-electron chi connectivity index (χ2n) is 6.69. The highest BCUT2D eigenvalue weighted by molar-refractivity contribution is 5.84. The van der Waals surface area contributed by atoms with Crippen LogP contribution in [-0.4, -0.2) is 36.2 Å². The van der Waals surface area contributed by atoms with Crippen molar-refractivity contribution in [3.05, 3.63) is 35.9 Å². The number of benzene rings is 1. The number of hydrogen-bond donors (Lipinski definition) is 3. The number of alkyl carbamates (subject to hydrolysis) is 2. The number of carbonyl (C=O) groups is 3. The molecule has 1 rings (SSSR count). The minimum atomic E-state index is -2.18. The van der Waals surface area contributed by atoms with E-state index >= 15 is 0 Å². The van der Waals surface area contributed by atoms with Gasteiger partial charge in [-0.3, -0.25) is 4.79 Å². The largest absolute Gasteiger partial charge is 0.445 e. The molecular formula is C19H29N3O5. The summed E-state index contributed by atoms with van der Waals surface area (Å²) in [5.74, 6) is -1.11. The smallest absolute Gasteiger partial charge is 0.408 e. The quantitative estimate of drug-likeness (QED) is 0.606. The lowest BCUT2D eigenvalue weighted by atomic mass is 10.1. The predicted molar refractivity (Wildman–Crippen MR) is 101 cm³/mol. The van der Waals surface area contributed by atoms with E-state index in [2.05, 4.69) is 10.6 Å². The molecule has 0 radical (unpaired) electrons. The van der Waals surface area contributed by atoms with Gasteiger partial charge in [-0.05, 0) is 45.6 Å². The van der Waals surface area contributed by atoms with Crippen LogP contribution in [-0.2, 0) is 20.9 Å². The van der Waals surface area contributed by atoms with Crippen LogP contribution in [0.5, 0.6) is 0 Å². The molecule has 0 aliphatic rings. The molecule has 8 heteroatoms. The van der Waals surface area contributed by atoms with Crippen LogP contribution in [0.3, 0.4) is 0 Å². The highest BCUT2D eigenvalue weighted by Crippen LogP contribution is 2.07. The molecule has 1 aromatic carbocycles. The maximum absolute atomic E-state index is 12.0. The van der Waals surface area contributed by atoms with Gasteiger partial charge in [0.25, 0.3) is 0 Å². The van der Waals surface area contributed by atoms with Crippen molar-refractivity contribution < 1.29 is 28.0 Å². The Morgan fingerprint density at radius 1 is 1.19 bits per heavy atom. The van der Waals surface area contributed by atoms with E-state index in [0.717, 1.165) is 5.56 Å². The molecule has 0 bridgehead atoms. The summed E-state index contributed by atoms with van der Waals surface area (Å²) in [6.45, 7) is 2.74. The minimum absolute atomic E-state index is 0.0335. The van der Waals surface area contributed by atoms with Gasteiger partial charge >= 0.3 is 12.2 Å². The van der Waals surface area contributed by atoms with Crippen molar-refractivity contribution in [2.75, 3.05) is 6.50 Å². The van der Waals surface area contributed by atoms with Gasteiger partial charge in [-0.15, -0.1) is 0 Å². The van der Waals surface area contributed by atoms with E-state index in [4.69, 9.17) is 19.3 Å². The first-order valence-electron chi connectivity index (χ1n) is 10.0. The van der Waals surface area contributed by atoms with E-state index in [9.17, 15) is 14.4 Å². The average Bonchev–Trinajstić information content (AvgIpc) is 2.58. The Balaban J connectivity index is 2.56. The molecule has 4 N–H and O–H groups in total. The molecule has 0 saturated heterocycles. The molecule has 0 saturated carbocycles. The zero-order valence-corrected chi connectivity index (χ0v) is 15.8. The molecule has 8 nitrogen and oxygen atoms in total. The Morgan fingerprint density at radius 2 is 1.85 bits per heavy atom. The summed E-state index contributed by atoms with van der Waals surface area (Å²) in [6.07, 6.45) is -2.47. The van der Waals surface area contributed by atoms with Crippen LogP contribution >= 0.6 is 0 Å². The normalized spacial score (nSPS) is 15.3. The molecule has 0 aliphatic carbocycles. The third-order valence-electron chi connectivity index (χ3n) is 3.08. The van der Waals surface area contributed by atoms with Gasteiger partial charge in [-0.2, -0.15) is 0 Å². The fraction of sp³-hybridized carbons (Fsp3) is 0.526. The van der Waals surface area contributed by atoms with Crippen molar-refractivity contribution in [3.8, 4) is 0 Å². The number of amides is 3. The molecule has 3 amide bonds. The van der Waals surface area contributed by atoms with Crippen molar-refractivity contribution >= 4 is 18.1 Å². The monoisotopic (exact) mass is 382 g/mol. The number of ether oxygens (including phenoxy) is 2. The highest BCUT2D eigenvalue weighted by Gasteiger charge is 2.19. The molecule has 27 heavy (non-hydrogen) atoms. The highest BCUT2D eigenvalue weighted by atomic mass is 16.6. The third kappa shape index (κ3) is 10.7. The Kier molecular flexibility index (Phi) is 7.22. The van der Waals surface area contributed by atoms with Crippen LogP contribution in [0.25, 0.3) is 0 Å². The first-order valence-corrected chi connectivity index (χ1v) is 8.52. The van der Waals surface area contributed by atoms with Crippen molar-refractivity contribution in [2.45, 2.75) is 58.3 Å². The van der Waals surface area contributed by atoms with Crippen molar-refractivity contribution in [3.63, 3.8) is 0 Å². The second kappa shape index (κ2) is 11.1. The Bertz CT molecular complexity index is 741. The van der Waals surface area contributed by atoms with E-state index in [1.165, 1.54) is 0 Å². The van der Waals surface area contributed by atoms with Gasteiger partial charge in [-0.25, -0.2) is 9.59 Å². The zero-order valence-electron chi connectivity index (χ0n) is 18.8. The van der Waals surface area contributed by atoms with Gasteiger partial charge in [0.05, 0.1) is 1.37 Å². The summed E-state index contributed by atoms with van der Waals surface area (Å²) in [4.78, 5) is 35.4. The summed E-state index contributed by atoms with van der Waals surface area (Å²) >= 11 is 0. The summed E-state index contributed by atoms with van der Waals surface area (Å²) in [7, 11) is 0. The van der Waals surface area contributed by atoms with Crippen molar-refractivity contribution in [2.24, 2.45) is 5.73 Å². The molecule has 0 unspecified atom stereocenters. The van der Waals surface area contributed by atoms with Crippen LogP contribution in [0.1, 0.15) is 49.7 Å². The van der Waals surface area contributed by atoms with E-state index in [-0.39, 0.29) is 25.9 Å². The van der Waals surface area contributed by atoms with E-state index in [1.54, 1.807) is 45.0 Å². The van der Waals surface area contributed by atoms with Crippen LogP contribution in [0.15, 0.2) is 30.3 Å². The fourth-order valence-electron chi connectivity index (χ4n) is 1.92. The van der Waals surface area contributed by atoms with Crippen LogP contribution in [0, 0.1) is 0 Å². The molecule has 150 valence electrons. The SMILES string of the molecule is [2H]C([2H])(CCC[C@]([2H])(NC(=O)OCc1ccccc1)C(N)=O)NC(=O)OC(C)(C)C. The van der Waals surface area contributed by atoms with Crippen molar-refractivity contribution in [1.29, 1.82) is 0 Å². The molecule has 0 heterocycles. The van der Waals surface area contributed by atoms with E-state index < -0.39 is 36.2 Å². The Morgan fingerprint density at radius 3 is 2.44 bits per heavy atom. The standard InChI is InChI=1S/C19H29N3O5/c1-19(2,3)27-17(24)21-12-8-7-11-15(16(20)23)22-18(25)26-13-14-9-5-4-6-10-14/h4-6,9-10,15H,7-8,11-13H2,1-3H3,(H2,20,23)(H,21,24)(H,22,25)/t15-/m0/s1/i12D2,15D. The lowest BCUT2D eigenvalue weighted by molar-refractivity contribution is -0.120. The van der Waals surface area contributed by atoms with Crippen LogP contribution < -0.4 is 16.4 Å². The topological polar surface area (TPSA) is 120 Å². The van der Waals surface area contributed by atoms with Crippen molar-refractivity contribution in [1.82, 2.24) is 10.6 Å². The zero-order chi connectivity index (χ0) is 23.0. The number of nitrogens with one attached hydrogen (secondary N) is 2. The third-order valence-corrected chi connectivity index (χ3v) is 3.08. The molecule has 0 fully saturated rings. The second-order valence-corrected chi connectivity index (χ2v) is 6.69. The van der Waals surface area contributed by atoms with E-state index in [1.807, 2.05) is 6.07 Å². The maximum atomic E-state index is 12.0.